The molecule has 1 saturated carbocycles. The summed E-state index contributed by atoms with van der Waals surface area (Å²) in [5.74, 6) is 1.36. The van der Waals surface area contributed by atoms with Gasteiger partial charge in [0, 0.05) is 33.1 Å². The van der Waals surface area contributed by atoms with Crippen LogP contribution in [-0.4, -0.2) is 42.9 Å². The van der Waals surface area contributed by atoms with E-state index in [1.54, 1.807) is 18.7 Å². The fraction of sp³-hybridized carbons (Fsp3) is 0.706. The fourth-order valence-corrected chi connectivity index (χ4v) is 4.81. The van der Waals surface area contributed by atoms with Crippen LogP contribution in [0.15, 0.2) is 9.59 Å². The molecule has 4 rings (SSSR count). The third-order valence-electron chi connectivity index (χ3n) is 6.32. The molecule has 2 aromatic heterocycles. The number of imidazole rings is 1. The van der Waals surface area contributed by atoms with Gasteiger partial charge in [0.2, 0.25) is 5.95 Å². The Hall–Kier alpha value is -2.09. The molecule has 1 saturated heterocycles. The Balaban J connectivity index is 1.78. The molecule has 136 valence electrons. The zero-order valence-corrected chi connectivity index (χ0v) is 14.9. The molecular weight excluding hydrogens is 322 g/mol. The largest absolute Gasteiger partial charge is 0.390 e. The van der Waals surface area contributed by atoms with Crippen LogP contribution in [0.1, 0.15) is 32.6 Å². The molecule has 8 heteroatoms. The summed E-state index contributed by atoms with van der Waals surface area (Å²) in [6.45, 7) is 3.61. The molecule has 0 unspecified atom stereocenters. The molecule has 0 amide bonds. The molecular formula is C17H25N5O3. The van der Waals surface area contributed by atoms with Gasteiger partial charge in [0.1, 0.15) is 0 Å². The maximum absolute atomic E-state index is 12.2. The summed E-state index contributed by atoms with van der Waals surface area (Å²) in [7, 11) is 3.41. The van der Waals surface area contributed by atoms with E-state index >= 15 is 0 Å². The van der Waals surface area contributed by atoms with Gasteiger partial charge in [-0.05, 0) is 25.2 Å². The summed E-state index contributed by atoms with van der Waals surface area (Å²) in [6, 6.07) is 0. The Morgan fingerprint density at radius 1 is 1.28 bits per heavy atom. The zero-order chi connectivity index (χ0) is 17.9. The number of anilines is 1. The first kappa shape index (κ1) is 16.4. The van der Waals surface area contributed by atoms with Crippen LogP contribution in [0.25, 0.3) is 11.2 Å². The number of aliphatic hydroxyl groups is 1. The highest BCUT2D eigenvalue weighted by Crippen LogP contribution is 2.45. The van der Waals surface area contributed by atoms with Crippen LogP contribution < -0.4 is 16.1 Å². The van der Waals surface area contributed by atoms with Crippen LogP contribution >= 0.6 is 0 Å². The smallest absolute Gasteiger partial charge is 0.329 e. The number of aromatic amines is 1. The monoisotopic (exact) mass is 347 g/mol. The van der Waals surface area contributed by atoms with E-state index in [9.17, 15) is 14.7 Å². The molecule has 2 aromatic rings. The van der Waals surface area contributed by atoms with Crippen molar-refractivity contribution in [2.24, 2.45) is 25.9 Å². The Morgan fingerprint density at radius 3 is 2.76 bits per heavy atom. The van der Waals surface area contributed by atoms with Crippen molar-refractivity contribution >= 4 is 17.1 Å². The highest BCUT2D eigenvalue weighted by molar-refractivity contribution is 5.74. The predicted molar refractivity (Wildman–Crippen MR) is 94.9 cm³/mol. The molecule has 0 spiro atoms. The summed E-state index contributed by atoms with van der Waals surface area (Å²) in [5.41, 5.74) is -0.685. The van der Waals surface area contributed by atoms with Crippen LogP contribution in [0.2, 0.25) is 0 Å². The van der Waals surface area contributed by atoms with Gasteiger partial charge in [0.25, 0.3) is 5.56 Å². The minimum atomic E-state index is -0.605. The minimum absolute atomic E-state index is 0.230. The second kappa shape index (κ2) is 5.45. The molecule has 3 atom stereocenters. The number of nitrogens with zero attached hydrogens (tertiary/aromatic N) is 4. The molecule has 2 N–H and O–H groups in total. The van der Waals surface area contributed by atoms with Crippen molar-refractivity contribution < 1.29 is 5.11 Å². The van der Waals surface area contributed by atoms with Gasteiger partial charge < -0.3 is 14.6 Å². The molecule has 8 nitrogen and oxygen atoms in total. The van der Waals surface area contributed by atoms with E-state index in [4.69, 9.17) is 0 Å². The standard InChI is InChI=1S/C17H25N5O3/c1-4-17(25)7-5-6-10-8-22(9-11(10)17)15-18-13-12(20(15)2)14(23)19-16(24)21(13)3/h10-11,25H,4-9H2,1-3H3,(H,19,23,24)/t10-,11+,17-/m1/s1. The van der Waals surface area contributed by atoms with Gasteiger partial charge in [-0.1, -0.05) is 13.3 Å². The van der Waals surface area contributed by atoms with Gasteiger partial charge in [-0.25, -0.2) is 4.79 Å². The van der Waals surface area contributed by atoms with Crippen molar-refractivity contribution in [2.45, 2.75) is 38.2 Å². The zero-order valence-electron chi connectivity index (χ0n) is 14.9. The third-order valence-corrected chi connectivity index (χ3v) is 6.32. The Labute approximate surface area is 145 Å². The summed E-state index contributed by atoms with van der Waals surface area (Å²) < 4.78 is 3.13. The first-order valence-corrected chi connectivity index (χ1v) is 8.98. The van der Waals surface area contributed by atoms with E-state index in [1.165, 1.54) is 4.57 Å². The molecule has 0 aromatic carbocycles. The molecule has 25 heavy (non-hydrogen) atoms. The SMILES string of the molecule is CC[C@@]1(O)CCC[C@@H]2CN(c3nc4c(c(=O)[nH]c(=O)n4C)n3C)C[C@@H]21. The number of aromatic nitrogens is 4. The number of hydrogen-bond acceptors (Lipinski definition) is 5. The lowest BCUT2D eigenvalue weighted by Gasteiger charge is -2.40. The Bertz CT molecular complexity index is 942. The van der Waals surface area contributed by atoms with E-state index in [2.05, 4.69) is 21.8 Å². The van der Waals surface area contributed by atoms with Crippen LogP contribution in [0.3, 0.4) is 0 Å². The number of rotatable bonds is 2. The van der Waals surface area contributed by atoms with E-state index in [0.717, 1.165) is 38.8 Å². The van der Waals surface area contributed by atoms with Gasteiger partial charge in [-0.3, -0.25) is 14.3 Å². The van der Waals surface area contributed by atoms with Gasteiger partial charge in [0.15, 0.2) is 11.2 Å². The molecule has 2 aliphatic rings. The average molecular weight is 347 g/mol. The summed E-state index contributed by atoms with van der Waals surface area (Å²) in [5, 5.41) is 11.0. The normalized spacial score (nSPS) is 29.4. The van der Waals surface area contributed by atoms with E-state index < -0.39 is 16.9 Å². The molecule has 0 radical (unpaired) electrons. The highest BCUT2D eigenvalue weighted by Gasteiger charge is 2.48. The van der Waals surface area contributed by atoms with Crippen LogP contribution in [0.4, 0.5) is 5.95 Å². The van der Waals surface area contributed by atoms with Crippen LogP contribution in [0, 0.1) is 11.8 Å². The molecule has 1 aliphatic carbocycles. The second-order valence-electron chi connectivity index (χ2n) is 7.58. The van der Waals surface area contributed by atoms with Crippen molar-refractivity contribution in [1.29, 1.82) is 0 Å². The summed E-state index contributed by atoms with van der Waals surface area (Å²) in [6.07, 6.45) is 3.79. The van der Waals surface area contributed by atoms with Crippen molar-refractivity contribution in [3.05, 3.63) is 20.8 Å². The predicted octanol–water partition coefficient (Wildman–Crippen LogP) is 0.338. The quantitative estimate of drug-likeness (QED) is 0.817. The summed E-state index contributed by atoms with van der Waals surface area (Å²) >= 11 is 0. The first-order valence-electron chi connectivity index (χ1n) is 8.98. The van der Waals surface area contributed by atoms with Crippen molar-refractivity contribution in [3.8, 4) is 0 Å². The maximum atomic E-state index is 12.2. The summed E-state index contributed by atoms with van der Waals surface area (Å²) in [4.78, 5) is 33.1. The lowest BCUT2D eigenvalue weighted by molar-refractivity contribution is -0.0597. The Kier molecular flexibility index (Phi) is 3.57. The number of aryl methyl sites for hydroxylation is 2. The van der Waals surface area contributed by atoms with E-state index in [1.807, 2.05) is 0 Å². The lowest BCUT2D eigenvalue weighted by Crippen LogP contribution is -2.44. The average Bonchev–Trinajstić information content (AvgIpc) is 3.15. The molecule has 1 aliphatic heterocycles. The topological polar surface area (TPSA) is 96.2 Å². The highest BCUT2D eigenvalue weighted by atomic mass is 16.3. The Morgan fingerprint density at radius 2 is 2.04 bits per heavy atom. The van der Waals surface area contributed by atoms with Crippen molar-refractivity contribution in [2.75, 3.05) is 18.0 Å². The fourth-order valence-electron chi connectivity index (χ4n) is 4.81. The van der Waals surface area contributed by atoms with Gasteiger partial charge in [-0.15, -0.1) is 0 Å². The van der Waals surface area contributed by atoms with Gasteiger partial charge >= 0.3 is 5.69 Å². The minimum Gasteiger partial charge on any atom is -0.390 e. The number of hydrogen-bond donors (Lipinski definition) is 2. The van der Waals surface area contributed by atoms with Gasteiger partial charge in [0.05, 0.1) is 5.60 Å². The number of nitrogens with one attached hydrogen (secondary N) is 1. The van der Waals surface area contributed by atoms with E-state index in [0.29, 0.717) is 23.0 Å². The first-order chi connectivity index (χ1) is 11.9. The number of fused-ring (bicyclic) bond motifs is 2. The molecule has 3 heterocycles. The molecule has 0 bridgehead atoms. The molecule has 2 fully saturated rings. The van der Waals surface area contributed by atoms with Crippen LogP contribution in [0.5, 0.6) is 0 Å². The number of H-pyrrole nitrogens is 1. The van der Waals surface area contributed by atoms with Crippen molar-refractivity contribution in [3.63, 3.8) is 0 Å². The lowest BCUT2D eigenvalue weighted by atomic mass is 9.69. The second-order valence-corrected chi connectivity index (χ2v) is 7.58. The van der Waals surface area contributed by atoms with Crippen LogP contribution in [-0.2, 0) is 14.1 Å². The third kappa shape index (κ3) is 2.27. The van der Waals surface area contributed by atoms with Gasteiger partial charge in [-0.2, -0.15) is 4.98 Å². The van der Waals surface area contributed by atoms with E-state index in [-0.39, 0.29) is 5.92 Å². The maximum Gasteiger partial charge on any atom is 0.329 e. The van der Waals surface area contributed by atoms with Crippen molar-refractivity contribution in [1.82, 2.24) is 19.1 Å².